The van der Waals surface area contributed by atoms with Gasteiger partial charge in [0.1, 0.15) is 0 Å². The van der Waals surface area contributed by atoms with E-state index in [0.29, 0.717) is 23.1 Å². The lowest BCUT2D eigenvalue weighted by atomic mass is 10.2. The average molecular weight is 351 g/mol. The summed E-state index contributed by atoms with van der Waals surface area (Å²) in [5, 5.41) is 8.68. The molecule has 1 rings (SSSR count). The minimum Gasteiger partial charge on any atom is -0.399 e. The van der Waals surface area contributed by atoms with Crippen molar-refractivity contribution in [1.82, 2.24) is 4.31 Å². The lowest BCUT2D eigenvalue weighted by Gasteiger charge is -2.18. The van der Waals surface area contributed by atoms with E-state index >= 15 is 0 Å². The summed E-state index contributed by atoms with van der Waals surface area (Å²) < 4.78 is 26.5. The lowest BCUT2D eigenvalue weighted by Crippen LogP contribution is -2.28. The smallest absolute Gasteiger partial charge is 0.244 e. The van der Waals surface area contributed by atoms with Gasteiger partial charge in [-0.3, -0.25) is 0 Å². The fourth-order valence-electron chi connectivity index (χ4n) is 1.63. The summed E-state index contributed by atoms with van der Waals surface area (Å²) in [5.74, 6) is 0. The first-order valence-corrected chi connectivity index (χ1v) is 8.25. The Morgan fingerprint density at radius 3 is 2.63 bits per heavy atom. The number of hydrogen-bond donors (Lipinski definition) is 2. The second-order valence-corrected chi connectivity index (χ2v) is 7.17. The van der Waals surface area contributed by atoms with E-state index in [2.05, 4.69) is 15.9 Å². The third kappa shape index (κ3) is 4.45. The van der Waals surface area contributed by atoms with Crippen LogP contribution in [0.25, 0.3) is 0 Å². The standard InChI is InChI=1S/C12H19BrN2O3S/c1-15(7-3-2-4-8-16)19(17,18)12-9-10(14)5-6-11(12)13/h5-6,9,16H,2-4,7-8,14H2,1H3. The van der Waals surface area contributed by atoms with Crippen LogP contribution in [-0.4, -0.2) is 38.0 Å². The van der Waals surface area contributed by atoms with E-state index in [1.54, 1.807) is 19.2 Å². The van der Waals surface area contributed by atoms with Gasteiger partial charge in [0.2, 0.25) is 10.0 Å². The Hall–Kier alpha value is -0.630. The van der Waals surface area contributed by atoms with Gasteiger partial charge in [-0.2, -0.15) is 0 Å². The molecule has 7 heteroatoms. The molecule has 0 aliphatic carbocycles. The average Bonchev–Trinajstić information content (AvgIpc) is 2.37. The number of unbranched alkanes of at least 4 members (excludes halogenated alkanes) is 2. The number of aliphatic hydroxyl groups excluding tert-OH is 1. The summed E-state index contributed by atoms with van der Waals surface area (Å²) >= 11 is 3.23. The minimum absolute atomic E-state index is 0.136. The highest BCUT2D eigenvalue weighted by Gasteiger charge is 2.23. The van der Waals surface area contributed by atoms with Crippen LogP contribution in [0.2, 0.25) is 0 Å². The number of nitrogen functional groups attached to an aromatic ring is 1. The largest absolute Gasteiger partial charge is 0.399 e. The molecule has 0 saturated carbocycles. The molecule has 0 radical (unpaired) electrons. The molecule has 5 nitrogen and oxygen atoms in total. The SMILES string of the molecule is CN(CCCCCO)S(=O)(=O)c1cc(N)ccc1Br. The van der Waals surface area contributed by atoms with E-state index in [9.17, 15) is 8.42 Å². The molecule has 0 fully saturated rings. The van der Waals surface area contributed by atoms with Crippen molar-refractivity contribution in [2.75, 3.05) is 25.9 Å². The van der Waals surface area contributed by atoms with Crippen LogP contribution in [0.3, 0.4) is 0 Å². The van der Waals surface area contributed by atoms with Crippen LogP contribution in [0, 0.1) is 0 Å². The molecule has 0 spiro atoms. The van der Waals surface area contributed by atoms with E-state index in [-0.39, 0.29) is 11.5 Å². The van der Waals surface area contributed by atoms with E-state index in [1.807, 2.05) is 0 Å². The molecule has 0 unspecified atom stereocenters. The Labute approximate surface area is 122 Å². The number of nitrogens with two attached hydrogens (primary N) is 1. The van der Waals surface area contributed by atoms with Crippen LogP contribution in [0.4, 0.5) is 5.69 Å². The normalized spacial score (nSPS) is 12.0. The Balaban J connectivity index is 2.82. The topological polar surface area (TPSA) is 83.6 Å². The third-order valence-electron chi connectivity index (χ3n) is 2.77. The van der Waals surface area contributed by atoms with Crippen molar-refractivity contribution in [1.29, 1.82) is 0 Å². The predicted molar refractivity (Wildman–Crippen MR) is 79.3 cm³/mol. The van der Waals surface area contributed by atoms with E-state index in [1.165, 1.54) is 10.4 Å². The number of hydrogen-bond acceptors (Lipinski definition) is 4. The highest BCUT2D eigenvalue weighted by atomic mass is 79.9. The molecule has 19 heavy (non-hydrogen) atoms. The Morgan fingerprint density at radius 2 is 2.00 bits per heavy atom. The first-order valence-electron chi connectivity index (χ1n) is 6.02. The molecule has 0 aliphatic heterocycles. The van der Waals surface area contributed by atoms with E-state index < -0.39 is 10.0 Å². The molecule has 0 aliphatic rings. The van der Waals surface area contributed by atoms with Gasteiger partial charge in [0.05, 0.1) is 4.90 Å². The minimum atomic E-state index is -3.54. The third-order valence-corrected chi connectivity index (χ3v) is 5.63. The van der Waals surface area contributed by atoms with Crippen LogP contribution in [-0.2, 0) is 10.0 Å². The van der Waals surface area contributed by atoms with Gasteiger partial charge in [-0.15, -0.1) is 0 Å². The Bertz CT molecular complexity index is 520. The summed E-state index contributed by atoms with van der Waals surface area (Å²) in [6.07, 6.45) is 2.21. The first kappa shape index (κ1) is 16.4. The molecule has 0 saturated heterocycles. The number of rotatable bonds is 7. The van der Waals surface area contributed by atoms with Crippen LogP contribution in [0.1, 0.15) is 19.3 Å². The maximum atomic E-state index is 12.4. The molecule has 1 aromatic carbocycles. The second kappa shape index (κ2) is 7.23. The Kier molecular flexibility index (Phi) is 6.25. The molecule has 0 bridgehead atoms. The van der Waals surface area contributed by atoms with Crippen molar-refractivity contribution in [3.05, 3.63) is 22.7 Å². The monoisotopic (exact) mass is 350 g/mol. The maximum absolute atomic E-state index is 12.4. The summed E-state index contributed by atoms with van der Waals surface area (Å²) in [7, 11) is -1.99. The highest BCUT2D eigenvalue weighted by Crippen LogP contribution is 2.26. The highest BCUT2D eigenvalue weighted by molar-refractivity contribution is 9.10. The number of nitrogens with zero attached hydrogens (tertiary/aromatic N) is 1. The molecule has 1 aromatic rings. The van der Waals surface area contributed by atoms with Gasteiger partial charge in [-0.05, 0) is 53.4 Å². The number of halogens is 1. The molecule has 0 amide bonds. The lowest BCUT2D eigenvalue weighted by molar-refractivity contribution is 0.281. The predicted octanol–water partition coefficient (Wildman–Crippen LogP) is 1.81. The summed E-state index contributed by atoms with van der Waals surface area (Å²) in [5.41, 5.74) is 6.04. The van der Waals surface area contributed by atoms with E-state index in [0.717, 1.165) is 12.8 Å². The number of sulfonamides is 1. The summed E-state index contributed by atoms with van der Waals surface area (Å²) in [6, 6.07) is 4.72. The van der Waals surface area contributed by atoms with Gasteiger partial charge in [-0.1, -0.05) is 0 Å². The van der Waals surface area contributed by atoms with Gasteiger partial charge in [-0.25, -0.2) is 12.7 Å². The van der Waals surface area contributed by atoms with Gasteiger partial charge in [0, 0.05) is 30.4 Å². The summed E-state index contributed by atoms with van der Waals surface area (Å²) in [4.78, 5) is 0.178. The fraction of sp³-hybridized carbons (Fsp3) is 0.500. The quantitative estimate of drug-likeness (QED) is 0.580. The van der Waals surface area contributed by atoms with Crippen LogP contribution >= 0.6 is 15.9 Å². The van der Waals surface area contributed by atoms with Gasteiger partial charge >= 0.3 is 0 Å². The van der Waals surface area contributed by atoms with Crippen molar-refractivity contribution < 1.29 is 13.5 Å². The van der Waals surface area contributed by atoms with Crippen molar-refractivity contribution >= 4 is 31.6 Å². The van der Waals surface area contributed by atoms with Crippen molar-refractivity contribution in [3.8, 4) is 0 Å². The molecule has 0 heterocycles. The molecular weight excluding hydrogens is 332 g/mol. The van der Waals surface area contributed by atoms with E-state index in [4.69, 9.17) is 10.8 Å². The first-order chi connectivity index (χ1) is 8.89. The fourth-order valence-corrected chi connectivity index (χ4v) is 3.79. The zero-order valence-corrected chi connectivity index (χ0v) is 13.2. The molecular formula is C12H19BrN2O3S. The molecule has 3 N–H and O–H groups in total. The number of aliphatic hydroxyl groups is 1. The number of benzene rings is 1. The molecule has 0 atom stereocenters. The van der Waals surface area contributed by atoms with Gasteiger partial charge in [0.25, 0.3) is 0 Å². The van der Waals surface area contributed by atoms with Gasteiger partial charge < -0.3 is 10.8 Å². The van der Waals surface area contributed by atoms with Crippen molar-refractivity contribution in [2.45, 2.75) is 24.2 Å². The molecule has 108 valence electrons. The Morgan fingerprint density at radius 1 is 1.32 bits per heavy atom. The van der Waals surface area contributed by atoms with Crippen molar-refractivity contribution in [2.24, 2.45) is 0 Å². The van der Waals surface area contributed by atoms with Gasteiger partial charge in [0.15, 0.2) is 0 Å². The van der Waals surface area contributed by atoms with Crippen LogP contribution in [0.5, 0.6) is 0 Å². The zero-order chi connectivity index (χ0) is 14.5. The zero-order valence-electron chi connectivity index (χ0n) is 10.8. The number of anilines is 1. The maximum Gasteiger partial charge on any atom is 0.244 e. The second-order valence-electron chi connectivity index (χ2n) is 4.30. The van der Waals surface area contributed by atoms with Crippen LogP contribution < -0.4 is 5.73 Å². The van der Waals surface area contributed by atoms with Crippen LogP contribution in [0.15, 0.2) is 27.6 Å². The van der Waals surface area contributed by atoms with Crippen molar-refractivity contribution in [3.63, 3.8) is 0 Å². The summed E-state index contributed by atoms with van der Waals surface area (Å²) in [6.45, 7) is 0.556. The molecule has 0 aromatic heterocycles.